The molecule has 0 aromatic carbocycles. The largest absolute Gasteiger partial charge is 0.480 e. The standard InChI is InChI=1S/C21H35N7O6S/c1-11(2)6-15(19(31)26-14(21(33)34)4-5-35-3)28-20(32)16(7-12-9-24-10-25-12)27-18(30)13(22)8-17(23)29/h9-11,13-16H,4-8,22H2,1-3H3,(H2,23,29)(H,24,25)(H,26,31)(H,27,30)(H,28,32)(H,33,34). The maximum atomic E-state index is 13.1. The molecule has 0 aliphatic rings. The molecule has 1 rings (SSSR count). The van der Waals surface area contributed by atoms with Gasteiger partial charge in [-0.25, -0.2) is 9.78 Å². The van der Waals surface area contributed by atoms with E-state index in [-0.39, 0.29) is 25.2 Å². The van der Waals surface area contributed by atoms with E-state index in [1.165, 1.54) is 24.3 Å². The third-order valence-electron chi connectivity index (χ3n) is 4.94. The number of hydrogen-bond acceptors (Lipinski definition) is 8. The summed E-state index contributed by atoms with van der Waals surface area (Å²) in [7, 11) is 0. The van der Waals surface area contributed by atoms with Crippen molar-refractivity contribution < 1.29 is 29.1 Å². The van der Waals surface area contributed by atoms with Crippen molar-refractivity contribution in [3.05, 3.63) is 18.2 Å². The zero-order valence-corrected chi connectivity index (χ0v) is 20.9. The van der Waals surface area contributed by atoms with Crippen LogP contribution in [0.15, 0.2) is 12.5 Å². The van der Waals surface area contributed by atoms with Gasteiger partial charge in [0, 0.05) is 18.3 Å². The summed E-state index contributed by atoms with van der Waals surface area (Å²) in [5, 5.41) is 17.0. The number of thioether (sulfide) groups is 1. The quantitative estimate of drug-likeness (QED) is 0.136. The molecule has 1 aromatic heterocycles. The van der Waals surface area contributed by atoms with Crippen molar-refractivity contribution in [2.75, 3.05) is 12.0 Å². The highest BCUT2D eigenvalue weighted by molar-refractivity contribution is 7.98. The van der Waals surface area contributed by atoms with Gasteiger partial charge >= 0.3 is 5.97 Å². The van der Waals surface area contributed by atoms with E-state index < -0.39 is 60.2 Å². The molecule has 13 nitrogen and oxygen atoms in total. The molecule has 4 amide bonds. The zero-order valence-electron chi connectivity index (χ0n) is 20.1. The number of imidazole rings is 1. The number of carbonyl (C=O) groups is 5. The molecule has 0 saturated carbocycles. The summed E-state index contributed by atoms with van der Waals surface area (Å²) < 4.78 is 0. The molecule has 196 valence electrons. The van der Waals surface area contributed by atoms with Gasteiger partial charge in [0.05, 0.1) is 18.8 Å². The Morgan fingerprint density at radius 3 is 2.17 bits per heavy atom. The van der Waals surface area contributed by atoms with Gasteiger partial charge in [-0.3, -0.25) is 19.2 Å². The highest BCUT2D eigenvalue weighted by Gasteiger charge is 2.31. The van der Waals surface area contributed by atoms with E-state index in [1.54, 1.807) is 0 Å². The normalized spacial score (nSPS) is 14.4. The topological polar surface area (TPSA) is 222 Å². The summed E-state index contributed by atoms with van der Waals surface area (Å²) in [4.78, 5) is 67.9. The van der Waals surface area contributed by atoms with Crippen molar-refractivity contribution in [3.8, 4) is 0 Å². The molecule has 0 radical (unpaired) electrons. The fraction of sp³-hybridized carbons (Fsp3) is 0.619. The van der Waals surface area contributed by atoms with Crippen LogP contribution in [0.25, 0.3) is 0 Å². The van der Waals surface area contributed by atoms with Crippen LogP contribution in [0.4, 0.5) is 0 Å². The third-order valence-corrected chi connectivity index (χ3v) is 5.58. The average molecular weight is 514 g/mol. The molecular formula is C21H35N7O6S. The van der Waals surface area contributed by atoms with Gasteiger partial charge in [0.2, 0.25) is 23.6 Å². The van der Waals surface area contributed by atoms with E-state index in [0.717, 1.165) is 0 Å². The first-order valence-electron chi connectivity index (χ1n) is 11.1. The predicted molar refractivity (Wildman–Crippen MR) is 130 cm³/mol. The Labute approximate surface area is 207 Å². The van der Waals surface area contributed by atoms with Gasteiger partial charge in [0.1, 0.15) is 18.1 Å². The van der Waals surface area contributed by atoms with E-state index in [2.05, 4.69) is 25.9 Å². The maximum absolute atomic E-state index is 13.1. The molecule has 0 bridgehead atoms. The van der Waals surface area contributed by atoms with Crippen molar-refractivity contribution in [1.82, 2.24) is 25.9 Å². The van der Waals surface area contributed by atoms with Gasteiger partial charge in [0.15, 0.2) is 0 Å². The van der Waals surface area contributed by atoms with Crippen LogP contribution < -0.4 is 27.4 Å². The summed E-state index contributed by atoms with van der Waals surface area (Å²) in [6, 6.07) is -4.56. The van der Waals surface area contributed by atoms with Crippen molar-refractivity contribution in [2.45, 2.75) is 63.7 Å². The van der Waals surface area contributed by atoms with Gasteiger partial charge in [-0.2, -0.15) is 11.8 Å². The molecule has 0 aliphatic carbocycles. The number of H-pyrrole nitrogens is 1. The summed E-state index contributed by atoms with van der Waals surface area (Å²) >= 11 is 1.45. The van der Waals surface area contributed by atoms with E-state index in [0.29, 0.717) is 11.4 Å². The number of carboxylic acid groups (broad SMARTS) is 1. The van der Waals surface area contributed by atoms with E-state index in [9.17, 15) is 29.1 Å². The third kappa shape index (κ3) is 11.2. The number of nitrogens with two attached hydrogens (primary N) is 2. The van der Waals surface area contributed by atoms with Crippen molar-refractivity contribution in [3.63, 3.8) is 0 Å². The van der Waals surface area contributed by atoms with Crippen LogP contribution in [-0.2, 0) is 30.4 Å². The lowest BCUT2D eigenvalue weighted by Crippen LogP contribution is -2.58. The Balaban J connectivity index is 3.03. The Morgan fingerprint density at radius 2 is 1.66 bits per heavy atom. The minimum atomic E-state index is -1.26. The highest BCUT2D eigenvalue weighted by Crippen LogP contribution is 2.09. The number of amides is 4. The molecular weight excluding hydrogens is 478 g/mol. The van der Waals surface area contributed by atoms with Crippen LogP contribution in [-0.4, -0.2) is 80.8 Å². The highest BCUT2D eigenvalue weighted by atomic mass is 32.2. The van der Waals surface area contributed by atoms with Gasteiger partial charge in [-0.05, 0) is 30.8 Å². The summed E-state index contributed by atoms with van der Waals surface area (Å²) in [5.74, 6) is -3.52. The number of aromatic amines is 1. The first-order valence-corrected chi connectivity index (χ1v) is 12.5. The second-order valence-corrected chi connectivity index (χ2v) is 9.48. The number of hydrogen-bond donors (Lipinski definition) is 7. The Morgan fingerprint density at radius 1 is 1.06 bits per heavy atom. The number of aliphatic carboxylic acids is 1. The van der Waals surface area contributed by atoms with Crippen molar-refractivity contribution in [2.24, 2.45) is 17.4 Å². The fourth-order valence-electron chi connectivity index (χ4n) is 3.15. The number of carbonyl (C=O) groups excluding carboxylic acids is 4. The molecule has 4 atom stereocenters. The molecule has 1 aromatic rings. The molecule has 35 heavy (non-hydrogen) atoms. The van der Waals surface area contributed by atoms with Crippen LogP contribution in [0.2, 0.25) is 0 Å². The molecule has 14 heteroatoms. The lowest BCUT2D eigenvalue weighted by molar-refractivity contribution is -0.142. The van der Waals surface area contributed by atoms with Gasteiger partial charge in [-0.1, -0.05) is 13.8 Å². The first-order chi connectivity index (χ1) is 16.4. The first kappa shape index (κ1) is 29.9. The minimum Gasteiger partial charge on any atom is -0.480 e. The summed E-state index contributed by atoms with van der Waals surface area (Å²) in [6.07, 6.45) is 4.75. The molecule has 9 N–H and O–H groups in total. The second-order valence-electron chi connectivity index (χ2n) is 8.49. The number of carboxylic acids is 1. The minimum absolute atomic E-state index is 0.00234. The van der Waals surface area contributed by atoms with Gasteiger partial charge in [-0.15, -0.1) is 0 Å². The number of primary amides is 1. The molecule has 0 spiro atoms. The molecule has 0 saturated heterocycles. The summed E-state index contributed by atoms with van der Waals surface area (Å²) in [6.45, 7) is 3.70. The van der Waals surface area contributed by atoms with Gasteiger partial charge < -0.3 is 37.5 Å². The Bertz CT molecular complexity index is 864. The number of nitrogens with one attached hydrogen (secondary N) is 4. The lowest BCUT2D eigenvalue weighted by atomic mass is 10.0. The molecule has 0 fully saturated rings. The SMILES string of the molecule is CSCCC(NC(=O)C(CC(C)C)NC(=O)C(Cc1cnc[nH]1)NC(=O)C(N)CC(N)=O)C(=O)O. The van der Waals surface area contributed by atoms with Crippen LogP contribution in [0, 0.1) is 5.92 Å². The smallest absolute Gasteiger partial charge is 0.326 e. The van der Waals surface area contributed by atoms with Crippen LogP contribution in [0.1, 0.15) is 38.8 Å². The predicted octanol–water partition coefficient (Wildman–Crippen LogP) is -1.51. The summed E-state index contributed by atoms with van der Waals surface area (Å²) in [5.41, 5.74) is 11.3. The molecule has 4 unspecified atom stereocenters. The van der Waals surface area contributed by atoms with E-state index in [1.807, 2.05) is 20.1 Å². The Hall–Kier alpha value is -3.13. The van der Waals surface area contributed by atoms with E-state index >= 15 is 0 Å². The number of aromatic nitrogens is 2. The number of nitrogens with zero attached hydrogens (tertiary/aromatic N) is 1. The lowest BCUT2D eigenvalue weighted by Gasteiger charge is -2.26. The van der Waals surface area contributed by atoms with Gasteiger partial charge in [0.25, 0.3) is 0 Å². The monoisotopic (exact) mass is 513 g/mol. The van der Waals surface area contributed by atoms with Crippen LogP contribution in [0.5, 0.6) is 0 Å². The van der Waals surface area contributed by atoms with Crippen molar-refractivity contribution in [1.29, 1.82) is 0 Å². The average Bonchev–Trinajstić information content (AvgIpc) is 3.27. The van der Waals surface area contributed by atoms with Crippen molar-refractivity contribution >= 4 is 41.4 Å². The van der Waals surface area contributed by atoms with E-state index in [4.69, 9.17) is 11.5 Å². The second kappa shape index (κ2) is 15.0. The van der Waals surface area contributed by atoms with Crippen LogP contribution in [0.3, 0.4) is 0 Å². The zero-order chi connectivity index (χ0) is 26.5. The fourth-order valence-corrected chi connectivity index (χ4v) is 3.63. The molecule has 0 aliphatic heterocycles. The maximum Gasteiger partial charge on any atom is 0.326 e. The van der Waals surface area contributed by atoms with Crippen LogP contribution >= 0.6 is 11.8 Å². The number of rotatable bonds is 16. The molecule has 1 heterocycles. The Kier molecular flexibility index (Phi) is 12.8.